The summed E-state index contributed by atoms with van der Waals surface area (Å²) >= 11 is 0. The summed E-state index contributed by atoms with van der Waals surface area (Å²) in [5.41, 5.74) is 0. The van der Waals surface area contributed by atoms with E-state index in [9.17, 15) is 0 Å². The minimum absolute atomic E-state index is 0.906. The molecule has 2 heterocycles. The molecule has 12 heavy (non-hydrogen) atoms. The zero-order chi connectivity index (χ0) is 8.13. The van der Waals surface area contributed by atoms with Crippen LogP contribution in [0.25, 0.3) is 0 Å². The third kappa shape index (κ3) is 0.891. The van der Waals surface area contributed by atoms with Crippen molar-refractivity contribution in [2.45, 2.75) is 51.1 Å². The van der Waals surface area contributed by atoms with Gasteiger partial charge in [0.1, 0.15) is 0 Å². The van der Waals surface area contributed by atoms with Crippen molar-refractivity contribution in [1.29, 1.82) is 0 Å². The highest BCUT2D eigenvalue weighted by atomic mass is 15.2. The molecule has 0 radical (unpaired) electrons. The highest BCUT2D eigenvalue weighted by molar-refractivity contribution is 4.98. The molecule has 0 aromatic rings. The molecule has 2 bridgehead atoms. The fourth-order valence-corrected chi connectivity index (χ4v) is 3.96. The van der Waals surface area contributed by atoms with Crippen molar-refractivity contribution in [3.63, 3.8) is 0 Å². The van der Waals surface area contributed by atoms with Crippen LogP contribution in [0.2, 0.25) is 0 Å². The second-order valence-corrected chi connectivity index (χ2v) is 5.14. The molecule has 2 aliphatic heterocycles. The standard InChI is InChI=1S/C11H19N/c1-8-5-9-6-10-3-2-4-11(10)12(8)7-9/h8-11H,2-7H2,1H3. The summed E-state index contributed by atoms with van der Waals surface area (Å²) in [4.78, 5) is 2.81. The molecule has 0 amide bonds. The summed E-state index contributed by atoms with van der Waals surface area (Å²) in [5.74, 6) is 2.16. The van der Waals surface area contributed by atoms with Crippen LogP contribution >= 0.6 is 0 Å². The lowest BCUT2D eigenvalue weighted by Gasteiger charge is -2.36. The molecule has 0 spiro atoms. The Labute approximate surface area is 75.1 Å². The molecular weight excluding hydrogens is 146 g/mol. The lowest BCUT2D eigenvalue weighted by molar-refractivity contribution is 0.114. The normalized spacial score (nSPS) is 57.2. The summed E-state index contributed by atoms with van der Waals surface area (Å²) in [5, 5.41) is 0. The zero-order valence-electron chi connectivity index (χ0n) is 8.00. The van der Waals surface area contributed by atoms with Gasteiger partial charge in [-0.05, 0) is 44.4 Å². The quantitative estimate of drug-likeness (QED) is 0.532. The Balaban J connectivity index is 1.86. The van der Waals surface area contributed by atoms with E-state index in [-0.39, 0.29) is 0 Å². The number of hydrogen-bond acceptors (Lipinski definition) is 1. The van der Waals surface area contributed by atoms with Gasteiger partial charge in [-0.15, -0.1) is 0 Å². The van der Waals surface area contributed by atoms with Crippen molar-refractivity contribution in [1.82, 2.24) is 4.90 Å². The van der Waals surface area contributed by atoms with Crippen LogP contribution < -0.4 is 0 Å². The number of piperidine rings is 1. The molecule has 2 saturated heterocycles. The summed E-state index contributed by atoms with van der Waals surface area (Å²) < 4.78 is 0. The molecule has 3 fully saturated rings. The Morgan fingerprint density at radius 2 is 2.08 bits per heavy atom. The van der Waals surface area contributed by atoms with Gasteiger partial charge < -0.3 is 0 Å². The predicted molar refractivity (Wildman–Crippen MR) is 50.0 cm³/mol. The lowest BCUT2D eigenvalue weighted by atomic mass is 9.87. The van der Waals surface area contributed by atoms with Gasteiger partial charge in [0, 0.05) is 18.6 Å². The van der Waals surface area contributed by atoms with E-state index in [1.54, 1.807) is 6.42 Å². The van der Waals surface area contributed by atoms with Gasteiger partial charge in [0.2, 0.25) is 0 Å². The molecule has 1 aliphatic carbocycles. The van der Waals surface area contributed by atoms with Crippen LogP contribution in [0, 0.1) is 11.8 Å². The molecule has 1 heteroatoms. The Morgan fingerprint density at radius 1 is 1.17 bits per heavy atom. The Hall–Kier alpha value is -0.0400. The molecule has 5 atom stereocenters. The number of fused-ring (bicyclic) bond motifs is 4. The van der Waals surface area contributed by atoms with Gasteiger partial charge in [0.05, 0.1) is 0 Å². The highest BCUT2D eigenvalue weighted by Crippen LogP contribution is 2.45. The maximum atomic E-state index is 2.81. The van der Waals surface area contributed by atoms with Crippen LogP contribution in [-0.2, 0) is 0 Å². The molecule has 1 saturated carbocycles. The van der Waals surface area contributed by atoms with Crippen LogP contribution in [0.15, 0.2) is 0 Å². The highest BCUT2D eigenvalue weighted by Gasteiger charge is 2.45. The number of hydrogen-bond donors (Lipinski definition) is 0. The first-order chi connectivity index (χ1) is 5.84. The maximum absolute atomic E-state index is 2.81. The van der Waals surface area contributed by atoms with Gasteiger partial charge in [-0.2, -0.15) is 0 Å². The largest absolute Gasteiger partial charge is 0.297 e. The molecule has 5 unspecified atom stereocenters. The van der Waals surface area contributed by atoms with Crippen molar-refractivity contribution < 1.29 is 0 Å². The van der Waals surface area contributed by atoms with Crippen molar-refractivity contribution >= 4 is 0 Å². The topological polar surface area (TPSA) is 3.24 Å². The molecule has 3 aliphatic rings. The van der Waals surface area contributed by atoms with Crippen molar-refractivity contribution in [3.8, 4) is 0 Å². The van der Waals surface area contributed by atoms with Crippen LogP contribution in [0.4, 0.5) is 0 Å². The maximum Gasteiger partial charge on any atom is 0.0127 e. The second kappa shape index (κ2) is 2.47. The third-order valence-corrected chi connectivity index (χ3v) is 4.39. The van der Waals surface area contributed by atoms with E-state index in [4.69, 9.17) is 0 Å². The minimum Gasteiger partial charge on any atom is -0.297 e. The SMILES string of the molecule is CC1CC2CC3CCCC3N1C2. The fourth-order valence-electron chi connectivity index (χ4n) is 3.96. The van der Waals surface area contributed by atoms with Crippen LogP contribution in [0.3, 0.4) is 0 Å². The van der Waals surface area contributed by atoms with E-state index >= 15 is 0 Å². The van der Waals surface area contributed by atoms with E-state index in [1.807, 2.05) is 0 Å². The van der Waals surface area contributed by atoms with Gasteiger partial charge in [0.15, 0.2) is 0 Å². The van der Waals surface area contributed by atoms with Gasteiger partial charge in [-0.3, -0.25) is 4.90 Å². The number of nitrogens with zero attached hydrogens (tertiary/aromatic N) is 1. The van der Waals surface area contributed by atoms with Crippen molar-refractivity contribution in [2.75, 3.05) is 6.54 Å². The first-order valence-electron chi connectivity index (χ1n) is 5.60. The minimum atomic E-state index is 0.906. The molecule has 1 nitrogen and oxygen atoms in total. The first-order valence-corrected chi connectivity index (χ1v) is 5.60. The van der Waals surface area contributed by atoms with Crippen molar-refractivity contribution in [3.05, 3.63) is 0 Å². The molecule has 0 N–H and O–H groups in total. The zero-order valence-corrected chi connectivity index (χ0v) is 8.00. The smallest absolute Gasteiger partial charge is 0.0127 e. The van der Waals surface area contributed by atoms with Crippen LogP contribution in [0.1, 0.15) is 39.0 Å². The predicted octanol–water partition coefficient (Wildman–Crippen LogP) is 2.27. The third-order valence-electron chi connectivity index (χ3n) is 4.39. The summed E-state index contributed by atoms with van der Waals surface area (Å²) in [6.45, 7) is 3.86. The number of rotatable bonds is 0. The van der Waals surface area contributed by atoms with Crippen LogP contribution in [0.5, 0.6) is 0 Å². The molecule has 0 aromatic heterocycles. The molecule has 3 rings (SSSR count). The fraction of sp³-hybridized carbons (Fsp3) is 1.00. The summed E-state index contributed by atoms with van der Waals surface area (Å²) in [6.07, 6.45) is 7.59. The van der Waals surface area contributed by atoms with Gasteiger partial charge in [0.25, 0.3) is 0 Å². The van der Waals surface area contributed by atoms with E-state index < -0.39 is 0 Å². The molecule has 68 valence electrons. The Bertz CT molecular complexity index is 189. The van der Waals surface area contributed by atoms with E-state index in [2.05, 4.69) is 11.8 Å². The van der Waals surface area contributed by atoms with Gasteiger partial charge >= 0.3 is 0 Å². The average molecular weight is 165 g/mol. The Kier molecular flexibility index (Phi) is 1.52. The molecule has 0 aromatic carbocycles. The van der Waals surface area contributed by atoms with Crippen LogP contribution in [-0.4, -0.2) is 23.5 Å². The summed E-state index contributed by atoms with van der Waals surface area (Å²) in [7, 11) is 0. The second-order valence-electron chi connectivity index (χ2n) is 5.14. The average Bonchev–Trinajstić information content (AvgIpc) is 2.59. The van der Waals surface area contributed by atoms with E-state index in [1.165, 1.54) is 32.2 Å². The van der Waals surface area contributed by atoms with Gasteiger partial charge in [-0.1, -0.05) is 6.42 Å². The lowest BCUT2D eigenvalue weighted by Crippen LogP contribution is -2.43. The summed E-state index contributed by atoms with van der Waals surface area (Å²) in [6, 6.07) is 1.90. The monoisotopic (exact) mass is 165 g/mol. The van der Waals surface area contributed by atoms with E-state index in [0.717, 1.165) is 23.9 Å². The first kappa shape index (κ1) is 7.37. The Morgan fingerprint density at radius 3 is 3.00 bits per heavy atom. The van der Waals surface area contributed by atoms with Gasteiger partial charge in [-0.25, -0.2) is 0 Å². The molecular formula is C11H19N. The van der Waals surface area contributed by atoms with E-state index in [0.29, 0.717) is 0 Å². The van der Waals surface area contributed by atoms with Crippen molar-refractivity contribution in [2.24, 2.45) is 11.8 Å².